The third kappa shape index (κ3) is 2.44. The van der Waals surface area contributed by atoms with Gasteiger partial charge in [0.25, 0.3) is 0 Å². The zero-order valence-corrected chi connectivity index (χ0v) is 7.94. The lowest BCUT2D eigenvalue weighted by Crippen LogP contribution is -1.88. The molecule has 0 saturated heterocycles. The molecule has 0 bridgehead atoms. The van der Waals surface area contributed by atoms with E-state index in [0.29, 0.717) is 5.57 Å². The molecule has 1 rings (SSSR count). The van der Waals surface area contributed by atoms with Crippen molar-refractivity contribution >= 4 is 5.57 Å². The molecule has 0 spiro atoms. The highest BCUT2D eigenvalue weighted by Crippen LogP contribution is 2.21. The first-order valence-electron chi connectivity index (χ1n) is 4.29. The fourth-order valence-electron chi connectivity index (χ4n) is 1.21. The number of hydrogen-bond acceptors (Lipinski definition) is 3. The minimum atomic E-state index is 0.00255. The summed E-state index contributed by atoms with van der Waals surface area (Å²) in [6, 6.07) is 14.6. The average molecular weight is 193 g/mol. The Bertz CT molecular complexity index is 476. The van der Waals surface area contributed by atoms with Crippen molar-refractivity contribution in [3.8, 4) is 18.2 Å². The van der Waals surface area contributed by atoms with Gasteiger partial charge in [-0.25, -0.2) is 0 Å². The van der Waals surface area contributed by atoms with Crippen LogP contribution in [0.15, 0.2) is 35.9 Å². The van der Waals surface area contributed by atoms with Gasteiger partial charge in [-0.15, -0.1) is 0 Å². The Labute approximate surface area is 88.1 Å². The molecule has 0 heterocycles. The first-order chi connectivity index (χ1) is 7.33. The Morgan fingerprint density at radius 2 is 1.60 bits per heavy atom. The molecule has 0 aromatic heterocycles. The molecule has 0 amide bonds. The van der Waals surface area contributed by atoms with Crippen molar-refractivity contribution in [2.45, 2.75) is 6.42 Å². The summed E-state index contributed by atoms with van der Waals surface area (Å²) in [5, 5.41) is 26.1. The predicted octanol–water partition coefficient (Wildman–Crippen LogP) is 2.40. The molecule has 0 N–H and O–H groups in total. The second kappa shape index (κ2) is 5.22. The fourth-order valence-corrected chi connectivity index (χ4v) is 1.21. The fraction of sp³-hybridized carbons (Fsp3) is 0.0833. The molecule has 3 heteroatoms. The molecule has 70 valence electrons. The molecule has 0 aliphatic carbocycles. The number of allylic oxidation sites excluding steroid dienone is 2. The van der Waals surface area contributed by atoms with E-state index in [9.17, 15) is 0 Å². The van der Waals surface area contributed by atoms with Gasteiger partial charge >= 0.3 is 0 Å². The van der Waals surface area contributed by atoms with E-state index in [1.54, 1.807) is 36.4 Å². The maximum Gasteiger partial charge on any atom is 0.134 e. The number of rotatable bonds is 2. The van der Waals surface area contributed by atoms with Gasteiger partial charge in [0, 0.05) is 5.57 Å². The Balaban J connectivity index is 3.30. The lowest BCUT2D eigenvalue weighted by Gasteiger charge is -2.02. The van der Waals surface area contributed by atoms with Crippen LogP contribution >= 0.6 is 0 Å². The topological polar surface area (TPSA) is 71.4 Å². The van der Waals surface area contributed by atoms with Gasteiger partial charge in [-0.2, -0.15) is 15.8 Å². The van der Waals surface area contributed by atoms with Crippen LogP contribution in [0, 0.1) is 34.0 Å². The number of hydrogen-bond donors (Lipinski definition) is 0. The Kier molecular flexibility index (Phi) is 3.66. The van der Waals surface area contributed by atoms with Gasteiger partial charge in [0.15, 0.2) is 0 Å². The molecule has 3 nitrogen and oxygen atoms in total. The summed E-state index contributed by atoms with van der Waals surface area (Å²) in [5.74, 6) is 0. The summed E-state index contributed by atoms with van der Waals surface area (Å²) in [5.41, 5.74) is 1.24. The van der Waals surface area contributed by atoms with Crippen molar-refractivity contribution in [1.29, 1.82) is 15.8 Å². The molecule has 1 aromatic rings. The summed E-state index contributed by atoms with van der Waals surface area (Å²) in [6.07, 6.45) is 0.0699. The molecular weight excluding hydrogens is 186 g/mol. The van der Waals surface area contributed by atoms with Crippen LogP contribution in [0.25, 0.3) is 5.57 Å². The van der Waals surface area contributed by atoms with Gasteiger partial charge in [0.2, 0.25) is 0 Å². The number of nitrogens with zero attached hydrogens (tertiary/aromatic N) is 3. The van der Waals surface area contributed by atoms with Crippen LogP contribution < -0.4 is 0 Å². The summed E-state index contributed by atoms with van der Waals surface area (Å²) < 4.78 is 0. The van der Waals surface area contributed by atoms with E-state index in [-0.39, 0.29) is 12.0 Å². The van der Waals surface area contributed by atoms with E-state index < -0.39 is 0 Å². The summed E-state index contributed by atoms with van der Waals surface area (Å²) in [7, 11) is 0. The maximum atomic E-state index is 8.74. The van der Waals surface area contributed by atoms with Crippen molar-refractivity contribution in [1.82, 2.24) is 0 Å². The number of benzene rings is 1. The zero-order chi connectivity index (χ0) is 11.1. The first kappa shape index (κ1) is 10.5. The van der Waals surface area contributed by atoms with Gasteiger partial charge in [0.1, 0.15) is 17.7 Å². The molecule has 15 heavy (non-hydrogen) atoms. The Hall–Kier alpha value is -2.57. The summed E-state index contributed by atoms with van der Waals surface area (Å²) in [4.78, 5) is 0. The van der Waals surface area contributed by atoms with Crippen molar-refractivity contribution in [2.75, 3.05) is 0 Å². The first-order valence-corrected chi connectivity index (χ1v) is 4.29. The van der Waals surface area contributed by atoms with Crippen molar-refractivity contribution in [3.05, 3.63) is 41.5 Å². The maximum absolute atomic E-state index is 8.74. The molecule has 0 unspecified atom stereocenters. The number of nitriles is 3. The van der Waals surface area contributed by atoms with Crippen molar-refractivity contribution in [3.63, 3.8) is 0 Å². The lowest BCUT2D eigenvalue weighted by atomic mass is 9.99. The largest absolute Gasteiger partial charge is 0.198 e. The van der Waals surface area contributed by atoms with Crippen LogP contribution in [0.5, 0.6) is 0 Å². The van der Waals surface area contributed by atoms with Crippen LogP contribution in [0.1, 0.15) is 12.0 Å². The molecule has 0 atom stereocenters. The van der Waals surface area contributed by atoms with Gasteiger partial charge < -0.3 is 0 Å². The normalized spacial score (nSPS) is 8.07. The third-order valence-corrected chi connectivity index (χ3v) is 1.90. The molecule has 0 saturated carbocycles. The SMILES string of the molecule is N#CCC(=C(C#N)C#N)c1ccccc1. The standard InChI is InChI=1S/C12H7N3/c13-7-6-12(11(8-14)9-15)10-4-2-1-3-5-10/h1-5H,6H2. The van der Waals surface area contributed by atoms with Crippen molar-refractivity contribution < 1.29 is 0 Å². The highest BCUT2D eigenvalue weighted by atomic mass is 14.3. The predicted molar refractivity (Wildman–Crippen MR) is 54.8 cm³/mol. The van der Waals surface area contributed by atoms with Crippen LogP contribution in [-0.2, 0) is 0 Å². The van der Waals surface area contributed by atoms with E-state index >= 15 is 0 Å². The van der Waals surface area contributed by atoms with Gasteiger partial charge in [-0.1, -0.05) is 30.3 Å². The van der Waals surface area contributed by atoms with E-state index in [2.05, 4.69) is 0 Å². The highest BCUT2D eigenvalue weighted by Gasteiger charge is 2.07. The Morgan fingerprint density at radius 3 is 2.07 bits per heavy atom. The van der Waals surface area contributed by atoms with Crippen LogP contribution in [0.2, 0.25) is 0 Å². The van der Waals surface area contributed by atoms with Gasteiger partial charge in [0.05, 0.1) is 12.5 Å². The van der Waals surface area contributed by atoms with E-state index in [1.807, 2.05) is 12.1 Å². The van der Waals surface area contributed by atoms with Crippen LogP contribution in [0.4, 0.5) is 0 Å². The molecule has 0 aliphatic rings. The molecular formula is C12H7N3. The minimum absolute atomic E-state index is 0.00255. The van der Waals surface area contributed by atoms with Crippen molar-refractivity contribution in [2.24, 2.45) is 0 Å². The molecule has 0 fully saturated rings. The molecule has 0 aliphatic heterocycles. The quantitative estimate of drug-likeness (QED) is 0.677. The molecule has 0 radical (unpaired) electrons. The lowest BCUT2D eigenvalue weighted by molar-refractivity contribution is 1.33. The zero-order valence-electron chi connectivity index (χ0n) is 7.94. The van der Waals surface area contributed by atoms with Crippen LogP contribution in [0.3, 0.4) is 0 Å². The smallest absolute Gasteiger partial charge is 0.134 e. The van der Waals surface area contributed by atoms with E-state index in [0.717, 1.165) is 5.56 Å². The molecule has 1 aromatic carbocycles. The summed E-state index contributed by atoms with van der Waals surface area (Å²) >= 11 is 0. The summed E-state index contributed by atoms with van der Waals surface area (Å²) in [6.45, 7) is 0. The second-order valence-corrected chi connectivity index (χ2v) is 2.78. The Morgan fingerprint density at radius 1 is 1.00 bits per heavy atom. The highest BCUT2D eigenvalue weighted by molar-refractivity contribution is 5.76. The second-order valence-electron chi connectivity index (χ2n) is 2.78. The average Bonchev–Trinajstić information content (AvgIpc) is 2.30. The monoisotopic (exact) mass is 193 g/mol. The van der Waals surface area contributed by atoms with E-state index in [4.69, 9.17) is 15.8 Å². The van der Waals surface area contributed by atoms with Gasteiger partial charge in [-0.05, 0) is 5.56 Å². The minimum Gasteiger partial charge on any atom is -0.198 e. The van der Waals surface area contributed by atoms with Crippen LogP contribution in [-0.4, -0.2) is 0 Å². The van der Waals surface area contributed by atoms with Gasteiger partial charge in [-0.3, -0.25) is 0 Å². The third-order valence-electron chi connectivity index (χ3n) is 1.90. The van der Waals surface area contributed by atoms with E-state index in [1.165, 1.54) is 0 Å².